The fourth-order valence-corrected chi connectivity index (χ4v) is 3.57. The Balaban J connectivity index is 2.00. The molecule has 2 unspecified atom stereocenters. The lowest BCUT2D eigenvalue weighted by atomic mass is 9.99. The molecule has 1 amide bonds. The van der Waals surface area contributed by atoms with Crippen molar-refractivity contribution >= 4 is 35.0 Å². The van der Waals surface area contributed by atoms with Gasteiger partial charge in [0.15, 0.2) is 0 Å². The third kappa shape index (κ3) is 5.77. The molecule has 12 nitrogen and oxygen atoms in total. The van der Waals surface area contributed by atoms with E-state index in [9.17, 15) is 29.6 Å². The highest BCUT2D eigenvalue weighted by Crippen LogP contribution is 2.30. The summed E-state index contributed by atoms with van der Waals surface area (Å²) in [6, 6.07) is 7.71. The number of hydrogen-bond acceptors (Lipinski definition) is 8. The van der Waals surface area contributed by atoms with Gasteiger partial charge >= 0.3 is 11.9 Å². The molecule has 3 N–H and O–H groups in total. The van der Waals surface area contributed by atoms with Crippen LogP contribution in [0.1, 0.15) is 37.6 Å². The summed E-state index contributed by atoms with van der Waals surface area (Å²) >= 11 is 0. The smallest absolute Gasteiger partial charge is 0.326 e. The van der Waals surface area contributed by atoms with Crippen LogP contribution in [0.15, 0.2) is 42.6 Å². The van der Waals surface area contributed by atoms with Crippen molar-refractivity contribution in [2.75, 3.05) is 18.5 Å². The van der Waals surface area contributed by atoms with E-state index >= 15 is 0 Å². The fourth-order valence-electron chi connectivity index (χ4n) is 3.57. The SMILES string of the molecule is CCOC(=O)CNc1c(-c2ccc([N+](=O)[O-])cc2)nc2cc(C(=O)NC(C(=O)O)C(C)CC)ccn12. The van der Waals surface area contributed by atoms with Gasteiger partial charge in [0.05, 0.1) is 11.5 Å². The molecular formula is C24H27N5O7. The first-order valence-electron chi connectivity index (χ1n) is 11.4. The summed E-state index contributed by atoms with van der Waals surface area (Å²) < 4.78 is 6.59. The Hall–Kier alpha value is -4.48. The van der Waals surface area contributed by atoms with E-state index in [2.05, 4.69) is 15.6 Å². The number of nitrogens with zero attached hydrogens (tertiary/aromatic N) is 3. The van der Waals surface area contributed by atoms with Crippen molar-refractivity contribution in [2.24, 2.45) is 5.92 Å². The van der Waals surface area contributed by atoms with Crippen molar-refractivity contribution in [1.29, 1.82) is 0 Å². The first-order valence-corrected chi connectivity index (χ1v) is 11.4. The van der Waals surface area contributed by atoms with E-state index in [1.807, 2.05) is 6.92 Å². The maximum atomic E-state index is 12.8. The summed E-state index contributed by atoms with van der Waals surface area (Å²) in [5.41, 5.74) is 1.41. The number of carbonyl (C=O) groups excluding carboxylic acids is 2. The quantitative estimate of drug-likeness (QED) is 0.205. The highest BCUT2D eigenvalue weighted by molar-refractivity contribution is 5.97. The molecule has 0 bridgehead atoms. The van der Waals surface area contributed by atoms with E-state index in [0.717, 1.165) is 0 Å². The number of aliphatic carboxylic acids is 1. The van der Waals surface area contributed by atoms with E-state index < -0.39 is 28.8 Å². The summed E-state index contributed by atoms with van der Waals surface area (Å²) in [5.74, 6) is -2.02. The summed E-state index contributed by atoms with van der Waals surface area (Å²) in [4.78, 5) is 51.4. The normalized spacial score (nSPS) is 12.5. The van der Waals surface area contributed by atoms with Crippen LogP contribution in [0, 0.1) is 16.0 Å². The van der Waals surface area contributed by atoms with Crippen molar-refractivity contribution in [3.8, 4) is 11.3 Å². The van der Waals surface area contributed by atoms with Crippen molar-refractivity contribution in [2.45, 2.75) is 33.2 Å². The maximum absolute atomic E-state index is 12.8. The predicted octanol–water partition coefficient (Wildman–Crippen LogP) is 3.11. The first-order chi connectivity index (χ1) is 17.2. The van der Waals surface area contributed by atoms with Crippen LogP contribution in [0.2, 0.25) is 0 Å². The Morgan fingerprint density at radius 2 is 1.89 bits per heavy atom. The van der Waals surface area contributed by atoms with Gasteiger partial charge in [0.1, 0.15) is 29.7 Å². The molecule has 0 saturated carbocycles. The molecule has 0 aliphatic heterocycles. The molecule has 2 heterocycles. The molecule has 2 aromatic heterocycles. The number of anilines is 1. The minimum atomic E-state index is -1.12. The molecule has 0 saturated heterocycles. The van der Waals surface area contributed by atoms with Crippen molar-refractivity contribution in [3.05, 3.63) is 58.3 Å². The third-order valence-electron chi connectivity index (χ3n) is 5.71. The zero-order chi connectivity index (χ0) is 26.4. The number of aromatic nitrogens is 2. The second kappa shape index (κ2) is 11.3. The summed E-state index contributed by atoms with van der Waals surface area (Å²) in [7, 11) is 0. The number of benzene rings is 1. The number of carboxylic acids is 1. The molecule has 0 aliphatic rings. The van der Waals surface area contributed by atoms with Crippen LogP contribution in [-0.4, -0.2) is 56.5 Å². The molecule has 2 atom stereocenters. The number of carbonyl (C=O) groups is 3. The van der Waals surface area contributed by atoms with Crippen molar-refractivity contribution in [3.63, 3.8) is 0 Å². The van der Waals surface area contributed by atoms with Gasteiger partial charge in [-0.3, -0.25) is 24.1 Å². The van der Waals surface area contributed by atoms with Gasteiger partial charge in [-0.05, 0) is 37.1 Å². The Morgan fingerprint density at radius 3 is 2.47 bits per heavy atom. The zero-order valence-corrected chi connectivity index (χ0v) is 20.1. The predicted molar refractivity (Wildman–Crippen MR) is 131 cm³/mol. The number of imidazole rings is 1. The van der Waals surface area contributed by atoms with Crippen LogP contribution >= 0.6 is 0 Å². The number of rotatable bonds is 11. The van der Waals surface area contributed by atoms with Gasteiger partial charge in [-0.25, -0.2) is 9.78 Å². The van der Waals surface area contributed by atoms with Gasteiger partial charge in [-0.2, -0.15) is 0 Å². The molecule has 3 rings (SSSR count). The minimum Gasteiger partial charge on any atom is -0.480 e. The Bertz CT molecular complexity index is 1290. The maximum Gasteiger partial charge on any atom is 0.326 e. The Morgan fingerprint density at radius 1 is 1.19 bits per heavy atom. The monoisotopic (exact) mass is 497 g/mol. The minimum absolute atomic E-state index is 0.0863. The van der Waals surface area contributed by atoms with Gasteiger partial charge in [0.2, 0.25) is 0 Å². The average Bonchev–Trinajstić information content (AvgIpc) is 3.23. The van der Waals surface area contributed by atoms with Gasteiger partial charge in [-0.1, -0.05) is 20.3 Å². The van der Waals surface area contributed by atoms with Crippen LogP contribution < -0.4 is 10.6 Å². The second-order valence-corrected chi connectivity index (χ2v) is 8.09. The lowest BCUT2D eigenvalue weighted by Gasteiger charge is -2.20. The van der Waals surface area contributed by atoms with Gasteiger partial charge in [0, 0.05) is 29.5 Å². The topological polar surface area (TPSA) is 165 Å². The molecule has 1 aromatic carbocycles. The van der Waals surface area contributed by atoms with E-state index in [0.29, 0.717) is 29.1 Å². The van der Waals surface area contributed by atoms with Crippen LogP contribution in [-0.2, 0) is 14.3 Å². The lowest BCUT2D eigenvalue weighted by Crippen LogP contribution is -2.45. The molecule has 36 heavy (non-hydrogen) atoms. The fraction of sp³-hybridized carbons (Fsp3) is 0.333. The van der Waals surface area contributed by atoms with Crippen LogP contribution in [0.3, 0.4) is 0 Å². The Kier molecular flexibility index (Phi) is 8.20. The number of hydrogen-bond donors (Lipinski definition) is 3. The molecule has 0 fully saturated rings. The number of nitro benzene ring substituents is 1. The summed E-state index contributed by atoms with van der Waals surface area (Å²) in [6.07, 6.45) is 2.14. The summed E-state index contributed by atoms with van der Waals surface area (Å²) in [6.45, 7) is 5.34. The molecule has 0 spiro atoms. The van der Waals surface area contributed by atoms with E-state index in [1.54, 1.807) is 24.4 Å². The number of non-ortho nitro benzene ring substituents is 1. The van der Waals surface area contributed by atoms with E-state index in [4.69, 9.17) is 4.74 Å². The van der Waals surface area contributed by atoms with E-state index in [-0.39, 0.29) is 30.3 Å². The van der Waals surface area contributed by atoms with Gasteiger partial charge in [0.25, 0.3) is 11.6 Å². The molecule has 0 aliphatic carbocycles. The largest absolute Gasteiger partial charge is 0.480 e. The van der Waals surface area contributed by atoms with Gasteiger partial charge < -0.3 is 20.5 Å². The number of esters is 1. The average molecular weight is 498 g/mol. The number of nitrogens with one attached hydrogen (secondary N) is 2. The number of nitro groups is 1. The van der Waals surface area contributed by atoms with Gasteiger partial charge in [-0.15, -0.1) is 0 Å². The summed E-state index contributed by atoms with van der Waals surface area (Å²) in [5, 5.41) is 26.1. The van der Waals surface area contributed by atoms with Crippen LogP contribution in [0.4, 0.5) is 11.5 Å². The number of pyridine rings is 1. The van der Waals surface area contributed by atoms with E-state index in [1.165, 1.54) is 36.4 Å². The molecule has 190 valence electrons. The standard InChI is InChI=1S/C24H27N5O7/c1-4-14(3)20(24(32)33)27-23(31)16-10-11-28-18(12-16)26-21(22(28)25-13-19(30)36-5-2)15-6-8-17(9-7-15)29(34)35/h6-12,14,20,25H,4-5,13H2,1-3H3,(H,27,31)(H,32,33). The molecule has 3 aromatic rings. The van der Waals surface area contributed by atoms with Crippen LogP contribution in [0.25, 0.3) is 16.9 Å². The number of carboxylic acid groups (broad SMARTS) is 1. The van der Waals surface area contributed by atoms with Crippen molar-refractivity contribution < 1.29 is 29.2 Å². The highest BCUT2D eigenvalue weighted by atomic mass is 16.6. The second-order valence-electron chi connectivity index (χ2n) is 8.09. The van der Waals surface area contributed by atoms with Crippen LogP contribution in [0.5, 0.6) is 0 Å². The third-order valence-corrected chi connectivity index (χ3v) is 5.71. The molecular weight excluding hydrogens is 470 g/mol. The molecule has 12 heteroatoms. The number of amides is 1. The first kappa shape index (κ1) is 26.1. The Labute approximate surface area is 206 Å². The number of ether oxygens (including phenoxy) is 1. The molecule has 0 radical (unpaired) electrons. The number of fused-ring (bicyclic) bond motifs is 1. The zero-order valence-electron chi connectivity index (χ0n) is 20.1. The highest BCUT2D eigenvalue weighted by Gasteiger charge is 2.26. The van der Waals surface area contributed by atoms with Crippen molar-refractivity contribution in [1.82, 2.24) is 14.7 Å². The lowest BCUT2D eigenvalue weighted by molar-refractivity contribution is -0.384.